The van der Waals surface area contributed by atoms with Crippen LogP contribution in [0, 0.1) is 0 Å². The highest BCUT2D eigenvalue weighted by atomic mass is 79.9. The van der Waals surface area contributed by atoms with E-state index in [9.17, 15) is 4.79 Å². The van der Waals surface area contributed by atoms with Crippen molar-refractivity contribution < 1.29 is 14.3 Å². The lowest BCUT2D eigenvalue weighted by Gasteiger charge is -2.26. The molecule has 0 bridgehead atoms. The molecule has 0 aliphatic rings. The zero-order chi connectivity index (χ0) is 14.4. The molecule has 1 unspecified atom stereocenters. The van der Waals surface area contributed by atoms with E-state index in [2.05, 4.69) is 20.8 Å². The highest BCUT2D eigenvalue weighted by Gasteiger charge is 2.20. The third-order valence-corrected chi connectivity index (χ3v) is 3.52. The van der Waals surface area contributed by atoms with Gasteiger partial charge in [0.15, 0.2) is 0 Å². The van der Waals surface area contributed by atoms with Crippen LogP contribution in [0.25, 0.3) is 0 Å². The van der Waals surface area contributed by atoms with Crippen LogP contribution >= 0.6 is 15.9 Å². The fourth-order valence-electron chi connectivity index (χ4n) is 2.01. The zero-order valence-electron chi connectivity index (χ0n) is 11.8. The second-order valence-corrected chi connectivity index (χ2v) is 5.40. The molecule has 0 saturated carbocycles. The summed E-state index contributed by atoms with van der Waals surface area (Å²) in [5.41, 5.74) is 1.06. The predicted molar refractivity (Wildman–Crippen MR) is 78.4 cm³/mol. The van der Waals surface area contributed by atoms with E-state index in [4.69, 9.17) is 9.47 Å². The molecule has 1 aromatic carbocycles. The average molecular weight is 330 g/mol. The zero-order valence-corrected chi connectivity index (χ0v) is 13.4. The van der Waals surface area contributed by atoms with Gasteiger partial charge in [-0.05, 0) is 38.7 Å². The van der Waals surface area contributed by atoms with Crippen LogP contribution < -0.4 is 4.74 Å². The minimum absolute atomic E-state index is 0.103. The fourth-order valence-corrected chi connectivity index (χ4v) is 2.39. The number of carbonyl (C=O) groups is 1. The largest absolute Gasteiger partial charge is 0.496 e. The minimum atomic E-state index is -0.194. The number of hydrogen-bond donors (Lipinski definition) is 0. The molecule has 1 rings (SSSR count). The molecule has 0 aromatic heterocycles. The highest BCUT2D eigenvalue weighted by Crippen LogP contribution is 2.33. The van der Waals surface area contributed by atoms with Gasteiger partial charge in [0.25, 0.3) is 0 Å². The SMILES string of the molecule is COC(=O)CCC(c1cc(Br)ccc1OC)N(C)C. The van der Waals surface area contributed by atoms with Crippen molar-refractivity contribution in [2.45, 2.75) is 18.9 Å². The van der Waals surface area contributed by atoms with Crippen molar-refractivity contribution >= 4 is 21.9 Å². The molecular formula is C14H20BrNO3. The Morgan fingerprint density at radius 2 is 2.05 bits per heavy atom. The van der Waals surface area contributed by atoms with Crippen LogP contribution in [0.2, 0.25) is 0 Å². The van der Waals surface area contributed by atoms with Crippen LogP contribution in [0.4, 0.5) is 0 Å². The van der Waals surface area contributed by atoms with E-state index in [-0.39, 0.29) is 12.0 Å². The molecule has 0 heterocycles. The summed E-state index contributed by atoms with van der Waals surface area (Å²) in [6.45, 7) is 0. The first kappa shape index (κ1) is 16.0. The number of methoxy groups -OCH3 is 2. The molecule has 4 nitrogen and oxygen atoms in total. The summed E-state index contributed by atoms with van der Waals surface area (Å²) in [6, 6.07) is 6.00. The maximum atomic E-state index is 11.3. The Labute approximate surface area is 122 Å². The van der Waals surface area contributed by atoms with Crippen molar-refractivity contribution in [3.63, 3.8) is 0 Å². The summed E-state index contributed by atoms with van der Waals surface area (Å²) >= 11 is 3.47. The minimum Gasteiger partial charge on any atom is -0.496 e. The normalized spacial score (nSPS) is 12.3. The Kier molecular flexibility index (Phi) is 6.31. The van der Waals surface area contributed by atoms with Gasteiger partial charge in [-0.3, -0.25) is 4.79 Å². The van der Waals surface area contributed by atoms with Gasteiger partial charge in [-0.1, -0.05) is 15.9 Å². The summed E-state index contributed by atoms with van der Waals surface area (Å²) < 4.78 is 11.1. The first-order valence-electron chi connectivity index (χ1n) is 6.06. The van der Waals surface area contributed by atoms with Gasteiger partial charge in [-0.2, -0.15) is 0 Å². The van der Waals surface area contributed by atoms with Gasteiger partial charge in [-0.25, -0.2) is 0 Å². The smallest absolute Gasteiger partial charge is 0.305 e. The summed E-state index contributed by atoms with van der Waals surface area (Å²) in [7, 11) is 7.04. The maximum absolute atomic E-state index is 11.3. The number of benzene rings is 1. The summed E-state index contributed by atoms with van der Waals surface area (Å²) in [6.07, 6.45) is 1.07. The maximum Gasteiger partial charge on any atom is 0.305 e. The molecule has 0 fully saturated rings. The first-order valence-corrected chi connectivity index (χ1v) is 6.85. The molecule has 1 aromatic rings. The van der Waals surface area contributed by atoms with Gasteiger partial charge in [0.1, 0.15) is 5.75 Å². The van der Waals surface area contributed by atoms with E-state index < -0.39 is 0 Å². The van der Waals surface area contributed by atoms with Crippen molar-refractivity contribution in [2.75, 3.05) is 28.3 Å². The van der Waals surface area contributed by atoms with E-state index in [1.807, 2.05) is 32.3 Å². The molecule has 0 aliphatic heterocycles. The van der Waals surface area contributed by atoms with Crippen LogP contribution in [0.1, 0.15) is 24.4 Å². The molecular weight excluding hydrogens is 310 g/mol. The summed E-state index contributed by atoms with van der Waals surface area (Å²) in [5.74, 6) is 0.632. The monoisotopic (exact) mass is 329 g/mol. The first-order chi connectivity index (χ1) is 8.99. The lowest BCUT2D eigenvalue weighted by Crippen LogP contribution is -2.21. The van der Waals surface area contributed by atoms with Crippen LogP contribution in [0.5, 0.6) is 5.75 Å². The van der Waals surface area contributed by atoms with Crippen molar-refractivity contribution in [1.29, 1.82) is 0 Å². The van der Waals surface area contributed by atoms with E-state index in [0.717, 1.165) is 15.8 Å². The van der Waals surface area contributed by atoms with Gasteiger partial charge in [-0.15, -0.1) is 0 Å². The number of hydrogen-bond acceptors (Lipinski definition) is 4. The standard InChI is InChI=1S/C14H20BrNO3/c1-16(2)12(6-8-14(17)19-4)11-9-10(15)5-7-13(11)18-3/h5,7,9,12H,6,8H2,1-4H3. The molecule has 0 spiro atoms. The number of rotatable bonds is 6. The van der Waals surface area contributed by atoms with E-state index in [1.165, 1.54) is 7.11 Å². The van der Waals surface area contributed by atoms with Crippen LogP contribution in [-0.2, 0) is 9.53 Å². The van der Waals surface area contributed by atoms with E-state index in [1.54, 1.807) is 7.11 Å². The van der Waals surface area contributed by atoms with Gasteiger partial charge >= 0.3 is 5.97 Å². The van der Waals surface area contributed by atoms with Crippen molar-refractivity contribution in [1.82, 2.24) is 4.90 Å². The summed E-state index contributed by atoms with van der Waals surface area (Å²) in [5, 5.41) is 0. The van der Waals surface area contributed by atoms with Gasteiger partial charge in [0, 0.05) is 22.5 Å². The highest BCUT2D eigenvalue weighted by molar-refractivity contribution is 9.10. The van der Waals surface area contributed by atoms with Crippen LogP contribution in [0.3, 0.4) is 0 Å². The Morgan fingerprint density at radius 3 is 2.58 bits per heavy atom. The van der Waals surface area contributed by atoms with Crippen molar-refractivity contribution in [3.05, 3.63) is 28.2 Å². The van der Waals surface area contributed by atoms with Gasteiger partial charge in [0.05, 0.1) is 14.2 Å². The van der Waals surface area contributed by atoms with Crippen molar-refractivity contribution in [3.8, 4) is 5.75 Å². The quantitative estimate of drug-likeness (QED) is 0.752. The third-order valence-electron chi connectivity index (χ3n) is 3.02. The van der Waals surface area contributed by atoms with Gasteiger partial charge < -0.3 is 14.4 Å². The lowest BCUT2D eigenvalue weighted by atomic mass is 10.00. The summed E-state index contributed by atoms with van der Waals surface area (Å²) in [4.78, 5) is 13.4. The second-order valence-electron chi connectivity index (χ2n) is 4.48. The number of ether oxygens (including phenoxy) is 2. The molecule has 0 N–H and O–H groups in total. The molecule has 5 heteroatoms. The second kappa shape index (κ2) is 7.50. The van der Waals surface area contributed by atoms with E-state index in [0.29, 0.717) is 12.8 Å². The molecule has 0 amide bonds. The molecule has 0 aliphatic carbocycles. The Bertz CT molecular complexity index is 435. The lowest BCUT2D eigenvalue weighted by molar-refractivity contribution is -0.141. The number of nitrogens with zero attached hydrogens (tertiary/aromatic N) is 1. The Hall–Kier alpha value is -1.07. The predicted octanol–water partition coefficient (Wildman–Crippen LogP) is 3.01. The molecule has 1 atom stereocenters. The molecule has 0 saturated heterocycles. The van der Waals surface area contributed by atoms with Gasteiger partial charge in [0.2, 0.25) is 0 Å². The third kappa shape index (κ3) is 4.51. The number of esters is 1. The van der Waals surface area contributed by atoms with E-state index >= 15 is 0 Å². The van der Waals surface area contributed by atoms with Crippen LogP contribution in [0.15, 0.2) is 22.7 Å². The molecule has 106 valence electrons. The topological polar surface area (TPSA) is 38.8 Å². The Morgan fingerprint density at radius 1 is 1.37 bits per heavy atom. The Balaban J connectivity index is 2.98. The molecule has 0 radical (unpaired) electrons. The average Bonchev–Trinajstić information content (AvgIpc) is 2.38. The molecule has 19 heavy (non-hydrogen) atoms. The van der Waals surface area contributed by atoms with Crippen molar-refractivity contribution in [2.24, 2.45) is 0 Å². The number of halogens is 1. The fraction of sp³-hybridized carbons (Fsp3) is 0.500. The van der Waals surface area contributed by atoms with Crippen LogP contribution in [-0.4, -0.2) is 39.2 Å². The number of carbonyl (C=O) groups excluding carboxylic acids is 1.